The molecule has 0 spiro atoms. The fraction of sp³-hybridized carbons (Fsp3) is 0.500. The minimum Gasteiger partial charge on any atom is -0.302 e. The Morgan fingerprint density at radius 2 is 1.85 bits per heavy atom. The van der Waals surface area contributed by atoms with Crippen LogP contribution in [-0.2, 0) is 5.41 Å². The molecule has 70 valence electrons. The van der Waals surface area contributed by atoms with Crippen LogP contribution in [0.2, 0.25) is 0 Å². The van der Waals surface area contributed by atoms with E-state index >= 15 is 0 Å². The second-order valence-electron chi connectivity index (χ2n) is 4.23. The van der Waals surface area contributed by atoms with Gasteiger partial charge in [0.1, 0.15) is 0 Å². The Balaban J connectivity index is 2.11. The maximum absolute atomic E-state index is 2.48. The summed E-state index contributed by atoms with van der Waals surface area (Å²) in [5.41, 5.74) is 1.90. The molecule has 0 aliphatic carbocycles. The number of nitrogens with zero attached hydrogens (tertiary/aromatic N) is 1. The SMILES string of the molecule is CCN1CC(C)(c2ccccc2)C1. The molecule has 1 aromatic carbocycles. The topological polar surface area (TPSA) is 3.24 Å². The molecular weight excluding hydrogens is 158 g/mol. The zero-order valence-electron chi connectivity index (χ0n) is 8.46. The summed E-state index contributed by atoms with van der Waals surface area (Å²) in [7, 11) is 0. The Bertz CT molecular complexity index is 272. The second kappa shape index (κ2) is 3.15. The molecule has 2 rings (SSSR count). The average molecular weight is 175 g/mol. The molecule has 13 heavy (non-hydrogen) atoms. The maximum atomic E-state index is 2.48. The van der Waals surface area contributed by atoms with Gasteiger partial charge in [0.2, 0.25) is 0 Å². The molecule has 1 heterocycles. The molecule has 0 saturated carbocycles. The minimum atomic E-state index is 0.414. The van der Waals surface area contributed by atoms with Gasteiger partial charge in [-0.2, -0.15) is 0 Å². The van der Waals surface area contributed by atoms with Crippen LogP contribution in [0.25, 0.3) is 0 Å². The van der Waals surface area contributed by atoms with Gasteiger partial charge in [-0.25, -0.2) is 0 Å². The van der Waals surface area contributed by atoms with Gasteiger partial charge in [-0.3, -0.25) is 0 Å². The summed E-state index contributed by atoms with van der Waals surface area (Å²) in [5, 5.41) is 0. The molecule has 0 unspecified atom stereocenters. The molecule has 0 bridgehead atoms. The Morgan fingerprint density at radius 1 is 1.23 bits per heavy atom. The first kappa shape index (κ1) is 8.76. The van der Waals surface area contributed by atoms with Crippen molar-refractivity contribution >= 4 is 0 Å². The normalized spacial score (nSPS) is 21.1. The van der Waals surface area contributed by atoms with Gasteiger partial charge in [0.05, 0.1) is 0 Å². The highest BCUT2D eigenvalue weighted by Gasteiger charge is 2.38. The lowest BCUT2D eigenvalue weighted by atomic mass is 9.76. The Kier molecular flexibility index (Phi) is 2.12. The van der Waals surface area contributed by atoms with Crippen molar-refractivity contribution < 1.29 is 0 Å². The Hall–Kier alpha value is -0.820. The molecule has 1 aromatic rings. The molecule has 0 atom stereocenters. The van der Waals surface area contributed by atoms with Crippen molar-refractivity contribution in [3.05, 3.63) is 35.9 Å². The van der Waals surface area contributed by atoms with E-state index in [1.165, 1.54) is 25.2 Å². The fourth-order valence-corrected chi connectivity index (χ4v) is 2.19. The number of hydrogen-bond acceptors (Lipinski definition) is 1. The summed E-state index contributed by atoms with van der Waals surface area (Å²) in [4.78, 5) is 2.48. The first-order valence-electron chi connectivity index (χ1n) is 5.02. The van der Waals surface area contributed by atoms with E-state index in [9.17, 15) is 0 Å². The van der Waals surface area contributed by atoms with E-state index in [1.807, 2.05) is 0 Å². The van der Waals surface area contributed by atoms with Gasteiger partial charge in [-0.05, 0) is 12.1 Å². The van der Waals surface area contributed by atoms with Gasteiger partial charge < -0.3 is 4.90 Å². The molecule has 1 fully saturated rings. The summed E-state index contributed by atoms with van der Waals surface area (Å²) < 4.78 is 0. The summed E-state index contributed by atoms with van der Waals surface area (Å²) >= 11 is 0. The smallest absolute Gasteiger partial charge is 0.0179 e. The van der Waals surface area contributed by atoms with Crippen molar-refractivity contribution in [2.75, 3.05) is 19.6 Å². The largest absolute Gasteiger partial charge is 0.302 e. The average Bonchev–Trinajstić information content (AvgIpc) is 2.14. The van der Waals surface area contributed by atoms with E-state index in [0.717, 1.165) is 0 Å². The van der Waals surface area contributed by atoms with E-state index < -0.39 is 0 Å². The van der Waals surface area contributed by atoms with Crippen molar-refractivity contribution in [3.8, 4) is 0 Å². The van der Waals surface area contributed by atoms with Gasteiger partial charge in [-0.15, -0.1) is 0 Å². The molecule has 1 nitrogen and oxygen atoms in total. The standard InChI is InChI=1S/C12H17N/c1-3-13-9-12(2,10-13)11-7-5-4-6-8-11/h4-8H,3,9-10H2,1-2H3. The number of rotatable bonds is 2. The van der Waals surface area contributed by atoms with Crippen molar-refractivity contribution in [2.24, 2.45) is 0 Å². The second-order valence-corrected chi connectivity index (χ2v) is 4.23. The summed E-state index contributed by atoms with van der Waals surface area (Å²) in [6, 6.07) is 10.8. The molecule has 0 N–H and O–H groups in total. The molecule has 0 radical (unpaired) electrons. The van der Waals surface area contributed by atoms with Gasteiger partial charge in [0.15, 0.2) is 0 Å². The van der Waals surface area contributed by atoms with Gasteiger partial charge in [-0.1, -0.05) is 44.2 Å². The fourth-order valence-electron chi connectivity index (χ4n) is 2.19. The van der Waals surface area contributed by atoms with Gasteiger partial charge >= 0.3 is 0 Å². The highest BCUT2D eigenvalue weighted by molar-refractivity contribution is 5.28. The summed E-state index contributed by atoms with van der Waals surface area (Å²) in [5.74, 6) is 0. The van der Waals surface area contributed by atoms with Crippen LogP contribution in [0.5, 0.6) is 0 Å². The maximum Gasteiger partial charge on any atom is 0.0179 e. The van der Waals surface area contributed by atoms with E-state index in [-0.39, 0.29) is 0 Å². The predicted molar refractivity (Wildman–Crippen MR) is 55.9 cm³/mol. The van der Waals surface area contributed by atoms with Crippen molar-refractivity contribution in [3.63, 3.8) is 0 Å². The predicted octanol–water partition coefficient (Wildman–Crippen LogP) is 2.28. The quantitative estimate of drug-likeness (QED) is 0.666. The number of likely N-dealkylation sites (N-methyl/N-ethyl adjacent to an activating group) is 1. The third-order valence-electron chi connectivity index (χ3n) is 3.06. The number of hydrogen-bond donors (Lipinski definition) is 0. The molecular formula is C12H17N. The highest BCUT2D eigenvalue weighted by Crippen LogP contribution is 2.33. The summed E-state index contributed by atoms with van der Waals surface area (Å²) in [6.45, 7) is 8.20. The van der Waals surface area contributed by atoms with Crippen LogP contribution in [0.3, 0.4) is 0 Å². The third kappa shape index (κ3) is 1.49. The van der Waals surface area contributed by atoms with Gasteiger partial charge in [0.25, 0.3) is 0 Å². The van der Waals surface area contributed by atoms with Crippen LogP contribution in [0.4, 0.5) is 0 Å². The molecule has 0 amide bonds. The van der Waals surface area contributed by atoms with Crippen molar-refractivity contribution in [1.82, 2.24) is 4.90 Å². The van der Waals surface area contributed by atoms with Crippen LogP contribution in [0.15, 0.2) is 30.3 Å². The van der Waals surface area contributed by atoms with Crippen LogP contribution in [0, 0.1) is 0 Å². The lowest BCUT2D eigenvalue weighted by Gasteiger charge is -2.48. The third-order valence-corrected chi connectivity index (χ3v) is 3.06. The summed E-state index contributed by atoms with van der Waals surface area (Å²) in [6.07, 6.45) is 0. The zero-order chi connectivity index (χ0) is 9.31. The van der Waals surface area contributed by atoms with Crippen LogP contribution in [-0.4, -0.2) is 24.5 Å². The molecule has 1 aliphatic rings. The first-order valence-corrected chi connectivity index (χ1v) is 5.02. The Morgan fingerprint density at radius 3 is 2.38 bits per heavy atom. The molecule has 1 saturated heterocycles. The van der Waals surface area contributed by atoms with E-state index in [0.29, 0.717) is 5.41 Å². The van der Waals surface area contributed by atoms with Crippen LogP contribution in [0.1, 0.15) is 19.4 Å². The zero-order valence-corrected chi connectivity index (χ0v) is 8.46. The first-order chi connectivity index (χ1) is 6.24. The van der Waals surface area contributed by atoms with Gasteiger partial charge in [0, 0.05) is 18.5 Å². The monoisotopic (exact) mass is 175 g/mol. The van der Waals surface area contributed by atoms with Crippen molar-refractivity contribution in [1.29, 1.82) is 0 Å². The van der Waals surface area contributed by atoms with Crippen LogP contribution >= 0.6 is 0 Å². The minimum absolute atomic E-state index is 0.414. The lowest BCUT2D eigenvalue weighted by Crippen LogP contribution is -2.57. The molecule has 0 aromatic heterocycles. The van der Waals surface area contributed by atoms with E-state index in [2.05, 4.69) is 49.1 Å². The van der Waals surface area contributed by atoms with E-state index in [1.54, 1.807) is 0 Å². The van der Waals surface area contributed by atoms with E-state index in [4.69, 9.17) is 0 Å². The lowest BCUT2D eigenvalue weighted by molar-refractivity contribution is 0.0845. The van der Waals surface area contributed by atoms with Crippen LogP contribution < -0.4 is 0 Å². The highest BCUT2D eigenvalue weighted by atomic mass is 15.2. The molecule has 1 heteroatoms. The van der Waals surface area contributed by atoms with Crippen molar-refractivity contribution in [2.45, 2.75) is 19.3 Å². The number of benzene rings is 1. The Labute approximate surface area is 80.4 Å². The number of likely N-dealkylation sites (tertiary alicyclic amines) is 1. The molecule has 1 aliphatic heterocycles.